The van der Waals surface area contributed by atoms with Gasteiger partial charge in [-0.25, -0.2) is 9.97 Å². The lowest BCUT2D eigenvalue weighted by Crippen LogP contribution is -1.99. The number of furan rings is 1. The molecule has 148 valence electrons. The summed E-state index contributed by atoms with van der Waals surface area (Å²) >= 11 is 0. The maximum absolute atomic E-state index is 5.96. The third-order valence-electron chi connectivity index (χ3n) is 5.40. The molecular weight excluding hydrogens is 370 g/mol. The molecule has 0 aliphatic rings. The topological polar surface area (TPSA) is 51.8 Å². The van der Waals surface area contributed by atoms with Crippen molar-refractivity contribution in [2.75, 3.05) is 0 Å². The van der Waals surface area contributed by atoms with Gasteiger partial charge < -0.3 is 4.42 Å². The SMILES string of the molecule is Cc1cnc(-c2cnc3oc4nc(-c5ccccc5)ccc4c3c2)cc1CC(C)C. The summed E-state index contributed by atoms with van der Waals surface area (Å²) in [6.45, 7) is 6.60. The van der Waals surface area contributed by atoms with Crippen molar-refractivity contribution in [2.45, 2.75) is 27.2 Å². The third-order valence-corrected chi connectivity index (χ3v) is 5.40. The average Bonchev–Trinajstić information content (AvgIpc) is 3.12. The van der Waals surface area contributed by atoms with Gasteiger partial charge in [-0.2, -0.15) is 0 Å². The van der Waals surface area contributed by atoms with Crippen molar-refractivity contribution in [3.8, 4) is 22.5 Å². The summed E-state index contributed by atoms with van der Waals surface area (Å²) in [7, 11) is 0. The Balaban J connectivity index is 1.60. The van der Waals surface area contributed by atoms with Gasteiger partial charge in [-0.05, 0) is 54.7 Å². The lowest BCUT2D eigenvalue weighted by atomic mass is 9.98. The zero-order chi connectivity index (χ0) is 20.7. The number of aryl methyl sites for hydroxylation is 1. The van der Waals surface area contributed by atoms with E-state index in [9.17, 15) is 0 Å². The maximum atomic E-state index is 5.96. The van der Waals surface area contributed by atoms with Gasteiger partial charge in [-0.15, -0.1) is 0 Å². The van der Waals surface area contributed by atoms with Crippen LogP contribution in [0.15, 0.2) is 71.4 Å². The van der Waals surface area contributed by atoms with E-state index in [2.05, 4.69) is 48.9 Å². The first kappa shape index (κ1) is 18.5. The van der Waals surface area contributed by atoms with Crippen LogP contribution in [-0.2, 0) is 6.42 Å². The Labute approximate surface area is 175 Å². The summed E-state index contributed by atoms with van der Waals surface area (Å²) in [5, 5.41) is 1.93. The molecule has 0 spiro atoms. The molecule has 30 heavy (non-hydrogen) atoms. The molecule has 0 amide bonds. The Hall–Kier alpha value is -3.53. The van der Waals surface area contributed by atoms with E-state index in [4.69, 9.17) is 9.40 Å². The minimum absolute atomic E-state index is 0.598. The molecule has 0 radical (unpaired) electrons. The molecule has 0 atom stereocenters. The first-order chi connectivity index (χ1) is 14.6. The third kappa shape index (κ3) is 3.35. The fraction of sp³-hybridized carbons (Fsp3) is 0.192. The molecule has 5 aromatic rings. The molecule has 0 N–H and O–H groups in total. The molecule has 4 nitrogen and oxygen atoms in total. The Bertz CT molecular complexity index is 1350. The number of rotatable bonds is 4. The molecular formula is C26H23N3O. The zero-order valence-electron chi connectivity index (χ0n) is 17.4. The molecule has 0 aliphatic heterocycles. The van der Waals surface area contributed by atoms with Crippen LogP contribution in [0.1, 0.15) is 25.0 Å². The fourth-order valence-corrected chi connectivity index (χ4v) is 3.83. The van der Waals surface area contributed by atoms with Crippen molar-refractivity contribution in [3.05, 3.63) is 78.1 Å². The monoisotopic (exact) mass is 393 g/mol. The highest BCUT2D eigenvalue weighted by molar-refractivity contribution is 6.03. The minimum Gasteiger partial charge on any atom is -0.419 e. The Morgan fingerprint density at radius 3 is 2.43 bits per heavy atom. The van der Waals surface area contributed by atoms with Crippen LogP contribution in [0.4, 0.5) is 0 Å². The van der Waals surface area contributed by atoms with E-state index >= 15 is 0 Å². The van der Waals surface area contributed by atoms with Gasteiger partial charge >= 0.3 is 0 Å². The molecule has 4 aromatic heterocycles. The van der Waals surface area contributed by atoms with Crippen LogP contribution < -0.4 is 0 Å². The van der Waals surface area contributed by atoms with Crippen LogP contribution in [0, 0.1) is 12.8 Å². The Kier molecular flexibility index (Phi) is 4.55. The first-order valence-corrected chi connectivity index (χ1v) is 10.3. The van der Waals surface area contributed by atoms with Gasteiger partial charge in [0, 0.05) is 28.9 Å². The molecule has 5 rings (SSSR count). The van der Waals surface area contributed by atoms with Crippen LogP contribution in [-0.4, -0.2) is 15.0 Å². The smallest absolute Gasteiger partial charge is 0.230 e. The summed E-state index contributed by atoms with van der Waals surface area (Å²) in [6, 6.07) is 18.5. The van der Waals surface area contributed by atoms with Crippen LogP contribution in [0.2, 0.25) is 0 Å². The van der Waals surface area contributed by atoms with Crippen LogP contribution in [0.25, 0.3) is 44.7 Å². The number of benzene rings is 1. The maximum Gasteiger partial charge on any atom is 0.230 e. The van der Waals surface area contributed by atoms with Gasteiger partial charge in [0.25, 0.3) is 0 Å². The van der Waals surface area contributed by atoms with E-state index in [1.54, 1.807) is 0 Å². The highest BCUT2D eigenvalue weighted by Gasteiger charge is 2.13. The molecule has 4 heterocycles. The number of pyridine rings is 3. The second-order valence-corrected chi connectivity index (χ2v) is 8.19. The molecule has 0 saturated carbocycles. The van der Waals surface area contributed by atoms with Gasteiger partial charge in [0.2, 0.25) is 11.4 Å². The van der Waals surface area contributed by atoms with Crippen molar-refractivity contribution in [2.24, 2.45) is 5.92 Å². The highest BCUT2D eigenvalue weighted by atomic mass is 16.3. The van der Waals surface area contributed by atoms with Crippen molar-refractivity contribution >= 4 is 22.2 Å². The predicted octanol–water partition coefficient (Wildman–Crippen LogP) is 6.61. The average molecular weight is 393 g/mol. The van der Waals surface area contributed by atoms with Crippen molar-refractivity contribution < 1.29 is 4.42 Å². The largest absolute Gasteiger partial charge is 0.419 e. The van der Waals surface area contributed by atoms with E-state index in [1.165, 1.54) is 11.1 Å². The number of hydrogen-bond donors (Lipinski definition) is 0. The van der Waals surface area contributed by atoms with Crippen molar-refractivity contribution in [1.82, 2.24) is 15.0 Å². The van der Waals surface area contributed by atoms with Crippen LogP contribution in [0.5, 0.6) is 0 Å². The second-order valence-electron chi connectivity index (χ2n) is 8.19. The predicted molar refractivity (Wildman–Crippen MR) is 121 cm³/mol. The molecule has 0 bridgehead atoms. The minimum atomic E-state index is 0.598. The number of fused-ring (bicyclic) bond motifs is 3. The number of aromatic nitrogens is 3. The van der Waals surface area contributed by atoms with E-state index in [0.29, 0.717) is 17.3 Å². The molecule has 0 fully saturated rings. The molecule has 0 saturated heterocycles. The van der Waals surface area contributed by atoms with Gasteiger partial charge in [-0.1, -0.05) is 44.2 Å². The van der Waals surface area contributed by atoms with E-state index in [0.717, 1.165) is 39.7 Å². The fourth-order valence-electron chi connectivity index (χ4n) is 3.83. The summed E-state index contributed by atoms with van der Waals surface area (Å²) < 4.78 is 5.96. The van der Waals surface area contributed by atoms with Gasteiger partial charge in [-0.3, -0.25) is 4.98 Å². The molecule has 0 aliphatic carbocycles. The van der Waals surface area contributed by atoms with Gasteiger partial charge in [0.1, 0.15) is 0 Å². The Morgan fingerprint density at radius 2 is 1.63 bits per heavy atom. The van der Waals surface area contributed by atoms with Crippen LogP contribution >= 0.6 is 0 Å². The molecule has 0 unspecified atom stereocenters. The summed E-state index contributed by atoms with van der Waals surface area (Å²) in [5.74, 6) is 0.599. The quantitative estimate of drug-likeness (QED) is 0.345. The summed E-state index contributed by atoms with van der Waals surface area (Å²) in [4.78, 5) is 13.9. The molecule has 4 heteroatoms. The molecule has 1 aromatic carbocycles. The van der Waals surface area contributed by atoms with Gasteiger partial charge in [0.05, 0.1) is 16.8 Å². The normalized spacial score (nSPS) is 11.6. The van der Waals surface area contributed by atoms with Crippen LogP contribution in [0.3, 0.4) is 0 Å². The van der Waals surface area contributed by atoms with Gasteiger partial charge in [0.15, 0.2) is 0 Å². The van der Waals surface area contributed by atoms with E-state index in [-0.39, 0.29) is 0 Å². The van der Waals surface area contributed by atoms with Crippen molar-refractivity contribution in [1.29, 1.82) is 0 Å². The lowest BCUT2D eigenvalue weighted by Gasteiger charge is -2.10. The summed E-state index contributed by atoms with van der Waals surface area (Å²) in [6.07, 6.45) is 4.83. The number of hydrogen-bond acceptors (Lipinski definition) is 4. The zero-order valence-corrected chi connectivity index (χ0v) is 17.4. The van der Waals surface area contributed by atoms with E-state index < -0.39 is 0 Å². The summed E-state index contributed by atoms with van der Waals surface area (Å²) in [5.41, 5.74) is 7.65. The standard InChI is InChI=1S/C26H23N3O/c1-16(2)11-19-13-24(27-14-17(19)3)20-12-22-21-9-10-23(18-7-5-4-6-8-18)29-26(21)30-25(22)28-15-20/h4-10,12-16H,11H2,1-3H3. The second kappa shape index (κ2) is 7.38. The number of nitrogens with zero attached hydrogens (tertiary/aromatic N) is 3. The highest BCUT2D eigenvalue weighted by Crippen LogP contribution is 2.31. The Morgan fingerprint density at radius 1 is 0.800 bits per heavy atom. The van der Waals surface area contributed by atoms with E-state index in [1.807, 2.05) is 48.8 Å². The van der Waals surface area contributed by atoms with Crippen molar-refractivity contribution in [3.63, 3.8) is 0 Å². The first-order valence-electron chi connectivity index (χ1n) is 10.3. The lowest BCUT2D eigenvalue weighted by molar-refractivity contribution is 0.641.